The summed E-state index contributed by atoms with van der Waals surface area (Å²) >= 11 is 0. The number of fused-ring (bicyclic) bond motifs is 1. The summed E-state index contributed by atoms with van der Waals surface area (Å²) in [6, 6.07) is 2.85. The molecule has 0 spiro atoms. The fourth-order valence-corrected chi connectivity index (χ4v) is 2.08. The minimum atomic E-state index is -4.63. The Hall–Kier alpha value is -2.71. The summed E-state index contributed by atoms with van der Waals surface area (Å²) in [5, 5.41) is 2.68. The minimum Gasteiger partial charge on any atom is -0.364 e. The summed E-state index contributed by atoms with van der Waals surface area (Å²) in [4.78, 5) is 14.5. The average Bonchev–Trinajstić information content (AvgIpc) is 2.93. The molecule has 0 bridgehead atoms. The maximum atomic E-state index is 13.7. The number of hydrogen-bond donors (Lipinski definition) is 2. The number of nitrogens with one attached hydrogen (secondary N) is 2. The van der Waals surface area contributed by atoms with Gasteiger partial charge in [0.05, 0.1) is 11.9 Å². The van der Waals surface area contributed by atoms with E-state index in [1.807, 2.05) is 0 Å². The first-order chi connectivity index (χ1) is 10.5. The standard InChI is InChI=1S/C13H9F4N5/c14-9-3-1-2-8(13(15,16)17)7(9)4-18-11-10-12(20-5-19-10)22-6-21-11/h1-3,5-6H,4H2,(H2,18,19,20,21,22). The highest BCUT2D eigenvalue weighted by Gasteiger charge is 2.34. The van der Waals surface area contributed by atoms with Gasteiger partial charge in [0, 0.05) is 12.1 Å². The largest absolute Gasteiger partial charge is 0.416 e. The van der Waals surface area contributed by atoms with Gasteiger partial charge < -0.3 is 10.3 Å². The number of H-pyrrole nitrogens is 1. The topological polar surface area (TPSA) is 66.5 Å². The number of benzene rings is 1. The lowest BCUT2D eigenvalue weighted by atomic mass is 10.1. The molecule has 0 aliphatic heterocycles. The second kappa shape index (κ2) is 5.24. The van der Waals surface area contributed by atoms with Crippen molar-refractivity contribution in [1.82, 2.24) is 19.9 Å². The molecule has 2 N–H and O–H groups in total. The van der Waals surface area contributed by atoms with Crippen molar-refractivity contribution in [2.24, 2.45) is 0 Å². The summed E-state index contributed by atoms with van der Waals surface area (Å²) in [6.07, 6.45) is -2.03. The van der Waals surface area contributed by atoms with Crippen molar-refractivity contribution >= 4 is 17.0 Å². The van der Waals surface area contributed by atoms with Crippen LogP contribution in [0.4, 0.5) is 23.4 Å². The van der Waals surface area contributed by atoms with Gasteiger partial charge >= 0.3 is 6.18 Å². The second-order valence-corrected chi connectivity index (χ2v) is 4.44. The van der Waals surface area contributed by atoms with Crippen LogP contribution in [0.2, 0.25) is 0 Å². The van der Waals surface area contributed by atoms with Crippen molar-refractivity contribution < 1.29 is 17.6 Å². The summed E-state index contributed by atoms with van der Waals surface area (Å²) in [6.45, 7) is -0.368. The first-order valence-electron chi connectivity index (χ1n) is 6.19. The first kappa shape index (κ1) is 14.2. The third-order valence-electron chi connectivity index (χ3n) is 3.08. The molecule has 0 radical (unpaired) electrons. The Morgan fingerprint density at radius 3 is 2.73 bits per heavy atom. The quantitative estimate of drug-likeness (QED) is 0.729. The molecule has 2 heterocycles. The van der Waals surface area contributed by atoms with Gasteiger partial charge in [-0.15, -0.1) is 0 Å². The van der Waals surface area contributed by atoms with Crippen LogP contribution < -0.4 is 5.32 Å². The molecule has 2 aromatic heterocycles. The zero-order valence-electron chi connectivity index (χ0n) is 10.9. The summed E-state index contributed by atoms with van der Waals surface area (Å²) in [5.41, 5.74) is -0.689. The highest BCUT2D eigenvalue weighted by Crippen LogP contribution is 2.33. The lowest BCUT2D eigenvalue weighted by Gasteiger charge is -2.14. The molecule has 0 saturated heterocycles. The Morgan fingerprint density at radius 1 is 1.14 bits per heavy atom. The van der Waals surface area contributed by atoms with E-state index in [4.69, 9.17) is 0 Å². The Kier molecular flexibility index (Phi) is 3.39. The number of nitrogens with zero attached hydrogens (tertiary/aromatic N) is 3. The monoisotopic (exact) mass is 311 g/mol. The number of alkyl halides is 3. The molecule has 0 unspecified atom stereocenters. The molecule has 0 amide bonds. The van der Waals surface area contributed by atoms with E-state index in [0.29, 0.717) is 11.2 Å². The highest BCUT2D eigenvalue weighted by molar-refractivity contribution is 5.81. The van der Waals surface area contributed by atoms with E-state index in [9.17, 15) is 17.6 Å². The van der Waals surface area contributed by atoms with Crippen molar-refractivity contribution in [3.63, 3.8) is 0 Å². The van der Waals surface area contributed by atoms with Gasteiger partial charge in [-0.3, -0.25) is 0 Å². The fraction of sp³-hybridized carbons (Fsp3) is 0.154. The Bertz CT molecular complexity index is 812. The third-order valence-corrected chi connectivity index (χ3v) is 3.08. The predicted molar refractivity (Wildman–Crippen MR) is 70.4 cm³/mol. The van der Waals surface area contributed by atoms with Gasteiger partial charge in [-0.25, -0.2) is 19.3 Å². The molecule has 0 saturated carbocycles. The first-order valence-corrected chi connectivity index (χ1v) is 6.19. The van der Waals surface area contributed by atoms with Crippen LogP contribution in [0.5, 0.6) is 0 Å². The molecule has 0 atom stereocenters. The molecule has 3 aromatic rings. The number of aromatic amines is 1. The smallest absolute Gasteiger partial charge is 0.364 e. The van der Waals surface area contributed by atoms with Crippen molar-refractivity contribution in [2.45, 2.75) is 12.7 Å². The van der Waals surface area contributed by atoms with Crippen molar-refractivity contribution in [1.29, 1.82) is 0 Å². The molecule has 3 rings (SSSR count). The fourth-order valence-electron chi connectivity index (χ4n) is 2.08. The van der Waals surface area contributed by atoms with E-state index in [2.05, 4.69) is 25.3 Å². The van der Waals surface area contributed by atoms with E-state index in [1.54, 1.807) is 0 Å². The Morgan fingerprint density at radius 2 is 1.95 bits per heavy atom. The van der Waals surface area contributed by atoms with Gasteiger partial charge in [-0.1, -0.05) is 6.07 Å². The van der Waals surface area contributed by atoms with Crippen LogP contribution in [0.25, 0.3) is 11.2 Å². The van der Waals surface area contributed by atoms with Crippen LogP contribution in [0, 0.1) is 5.82 Å². The molecule has 9 heteroatoms. The lowest BCUT2D eigenvalue weighted by Crippen LogP contribution is -2.14. The van der Waals surface area contributed by atoms with Crippen LogP contribution in [0.1, 0.15) is 11.1 Å². The SMILES string of the molecule is Fc1cccc(C(F)(F)F)c1CNc1ncnc2nc[nH]c12. The van der Waals surface area contributed by atoms with Gasteiger partial charge in [0.1, 0.15) is 17.7 Å². The Balaban J connectivity index is 1.93. The Labute approximate surface area is 121 Å². The number of aromatic nitrogens is 4. The van der Waals surface area contributed by atoms with Crippen molar-refractivity contribution in [3.05, 3.63) is 47.8 Å². The molecule has 0 aliphatic rings. The van der Waals surface area contributed by atoms with E-state index in [0.717, 1.165) is 18.2 Å². The van der Waals surface area contributed by atoms with Crippen molar-refractivity contribution in [3.8, 4) is 0 Å². The van der Waals surface area contributed by atoms with E-state index in [-0.39, 0.29) is 12.4 Å². The maximum Gasteiger partial charge on any atom is 0.416 e. The molecule has 114 valence electrons. The molecule has 1 aromatic carbocycles. The van der Waals surface area contributed by atoms with Crippen LogP contribution in [-0.4, -0.2) is 19.9 Å². The number of hydrogen-bond acceptors (Lipinski definition) is 4. The molecular formula is C13H9F4N5. The van der Waals surface area contributed by atoms with Crippen LogP contribution >= 0.6 is 0 Å². The number of rotatable bonds is 3. The lowest BCUT2D eigenvalue weighted by molar-refractivity contribution is -0.138. The second-order valence-electron chi connectivity index (χ2n) is 4.44. The number of halogens is 4. The zero-order valence-corrected chi connectivity index (χ0v) is 10.9. The highest BCUT2D eigenvalue weighted by atomic mass is 19.4. The summed E-state index contributed by atoms with van der Waals surface area (Å²) < 4.78 is 52.5. The molecule has 22 heavy (non-hydrogen) atoms. The molecule has 0 aliphatic carbocycles. The van der Waals surface area contributed by atoms with Crippen LogP contribution in [0.3, 0.4) is 0 Å². The third kappa shape index (κ3) is 2.57. The zero-order chi connectivity index (χ0) is 15.7. The van der Waals surface area contributed by atoms with Crippen molar-refractivity contribution in [2.75, 3.05) is 5.32 Å². The van der Waals surface area contributed by atoms with Crippen LogP contribution in [0.15, 0.2) is 30.9 Å². The van der Waals surface area contributed by atoms with E-state index >= 15 is 0 Å². The van der Waals surface area contributed by atoms with Gasteiger partial charge in [0.2, 0.25) is 0 Å². The summed E-state index contributed by atoms with van der Waals surface area (Å²) in [5.74, 6) is -0.684. The summed E-state index contributed by atoms with van der Waals surface area (Å²) in [7, 11) is 0. The predicted octanol–water partition coefficient (Wildman–Crippen LogP) is 3.12. The minimum absolute atomic E-state index is 0.249. The van der Waals surface area contributed by atoms with Gasteiger partial charge in [0.15, 0.2) is 11.5 Å². The molecule has 5 nitrogen and oxygen atoms in total. The maximum absolute atomic E-state index is 13.7. The van der Waals surface area contributed by atoms with E-state index < -0.39 is 23.1 Å². The van der Waals surface area contributed by atoms with Gasteiger partial charge in [-0.05, 0) is 12.1 Å². The van der Waals surface area contributed by atoms with Gasteiger partial charge in [-0.2, -0.15) is 13.2 Å². The normalized spacial score (nSPS) is 11.8. The number of imidazole rings is 1. The van der Waals surface area contributed by atoms with Crippen LogP contribution in [-0.2, 0) is 12.7 Å². The molecular weight excluding hydrogens is 302 g/mol. The molecule has 0 fully saturated rings. The van der Waals surface area contributed by atoms with Gasteiger partial charge in [0.25, 0.3) is 0 Å². The van der Waals surface area contributed by atoms with E-state index in [1.165, 1.54) is 12.7 Å². The number of anilines is 1. The average molecular weight is 311 g/mol.